The number of oxazole rings is 1. The maximum Gasteiger partial charge on any atom is 0.360 e. The van der Waals surface area contributed by atoms with Crippen molar-refractivity contribution < 1.29 is 159 Å². The molecule has 7 N–H and O–H groups in total. The lowest BCUT2D eigenvalue weighted by Gasteiger charge is -2.68. The molecule has 1 aliphatic heterocycles. The number of carbonyl (C=O) groups is 16. The number of esters is 10. The average molecular weight is 1830 g/mol. The van der Waals surface area contributed by atoms with E-state index in [1.807, 2.05) is 104 Å². The van der Waals surface area contributed by atoms with E-state index in [4.69, 9.17) is 68.8 Å². The Kier molecular flexibility index (Phi) is 30.2. The number of ether oxygens (including phenoxy) is 11. The SMILES string of the molecule is C.CC(C)(C)OC(=O)C12CC(C(=O)O)(C1)C2.CC(C)(C)OC(=O)C12CC(C=O)(C1)C2.CC(C)(C)OC(=O)C12CC(CO)(C1)C2.COC(=O)C12CC(C(=O)O)(C1)C2.COC(=O)C12CC(C(=O)OC(C)(C)C)(C1)C2.COC(=O)C1COC(C23CC(C(=O)OC(C)(C)C)(C2)C3)=N1.COC(=O)[C@H](N)CO.COC(=O)c1coc(C23CC(C(=O)O)(C2)C3)n1.Cl.O=C(Cl)C(=O)Cl. The van der Waals surface area contributed by atoms with Gasteiger partial charge in [-0.05, 0) is 267 Å². The Morgan fingerprint density at radius 1 is 0.448 bits per heavy atom. The molecule has 23 rings (SSSR count). The molecule has 2 atom stereocenters. The summed E-state index contributed by atoms with van der Waals surface area (Å²) in [6.45, 7) is 28.0. The van der Waals surface area contributed by atoms with Gasteiger partial charge < -0.3 is 92.6 Å². The molecule has 0 radical (unpaired) electrons. The first-order valence-electron chi connectivity index (χ1n) is 40.5. The van der Waals surface area contributed by atoms with E-state index in [1.54, 1.807) is 0 Å². The summed E-state index contributed by atoms with van der Waals surface area (Å²) in [5.74, 6) is -3.85. The second-order valence-electron chi connectivity index (χ2n) is 41.8. The molecule has 14 bridgehead atoms. The molecule has 39 heteroatoms. The van der Waals surface area contributed by atoms with Gasteiger partial charge in [-0.1, -0.05) is 7.43 Å². The molecule has 1 unspecified atom stereocenters. The zero-order valence-corrected chi connectivity index (χ0v) is 76.4. The van der Waals surface area contributed by atoms with Crippen molar-refractivity contribution in [1.82, 2.24) is 4.98 Å². The van der Waals surface area contributed by atoms with E-state index in [2.05, 4.69) is 52.1 Å². The number of aliphatic hydroxyl groups excluding tert-OH is 2. The molecule has 22 aliphatic rings. The number of carbonyl (C=O) groups excluding carboxylic acids is 13. The largest absolute Gasteiger partial charge is 0.481 e. The highest BCUT2D eigenvalue weighted by molar-refractivity contribution is 6.97. The maximum absolute atomic E-state index is 12.2. The van der Waals surface area contributed by atoms with Crippen molar-refractivity contribution >= 4 is 136 Å². The van der Waals surface area contributed by atoms with Crippen molar-refractivity contribution in [3.63, 3.8) is 0 Å². The number of methoxy groups -OCH3 is 5. The molecule has 2 heterocycles. The fourth-order valence-corrected chi connectivity index (χ4v) is 20.0. The number of nitrogens with zero attached hydrogens (tertiary/aromatic N) is 2. The van der Waals surface area contributed by atoms with Crippen LogP contribution < -0.4 is 5.73 Å². The molecule has 1 aromatic rings. The molecule has 21 aliphatic carbocycles. The Morgan fingerprint density at radius 3 is 1.01 bits per heavy atom. The number of nitrogens with two attached hydrogens (primary N) is 1. The third-order valence-corrected chi connectivity index (χ3v) is 25.9. The smallest absolute Gasteiger partial charge is 0.360 e. The number of carboxylic acids is 3. The summed E-state index contributed by atoms with van der Waals surface area (Å²) in [5, 5.41) is 41.6. The van der Waals surface area contributed by atoms with E-state index in [0.717, 1.165) is 25.5 Å². The molecule has 0 amide bonds. The number of hydrogen-bond acceptors (Lipinski definition) is 33. The zero-order valence-electron chi connectivity index (χ0n) is 74.1. The lowest BCUT2D eigenvalue weighted by atomic mass is 9.35. The average Bonchev–Trinajstić information content (AvgIpc) is 1.61. The standard InChI is InChI=1S/C15H21NO5.C12H18O4.C11H11NO5.C11H16O4.C11H18O3.C11H16O3.C8H10O4.C4H9NO3.C2Cl2O2.CH4.ClH/c1-13(2,3)21-12(18)15-6-14(7-15,8-15)11-16-9(5-20-11)10(17)19-4;1-10(2,3)16-9(14)12-5-11(6-12,7-12)8(13)15-4;1-16-7(13)6-2-17-8(12-6)10-3-11(4-10,5-10)9(14)15;1-9(2,3)15-8(14)11-4-10(5-11,6-11)7(12)13;2*1-9(2,3)14-8(13)11-4-10(5-11,6-11)7-12;1-12-6(11)8-2-7(3-8,4-8)5(9)10;1-8-4(7)3(5)2-6;3-1(5)2(4)6;;/h9H,5-8H2,1-4H3;5-7H2,1-4H3;2H,3-5H2,1H3,(H,14,15);4-6H2,1-3H3,(H,12,13);12H,4-7H2,1-3H3;7H,4-6H2,1-3H3;2-4H2,1H3,(H,9,10);3,6H,2,5H2,1H3;;1H4;1H/t;;;;;;;3-;;;/m.......1.../s1. The molecule has 36 nitrogen and oxygen atoms in total. The third kappa shape index (κ3) is 21.0. The van der Waals surface area contributed by atoms with E-state index < -0.39 is 102 Å². The van der Waals surface area contributed by atoms with Gasteiger partial charge in [-0.25, -0.2) is 19.6 Å². The molecule has 1 aromatic heterocycles. The molecule has 0 saturated heterocycles. The fourth-order valence-electron chi connectivity index (χ4n) is 20.0. The summed E-state index contributed by atoms with van der Waals surface area (Å²) in [6, 6.07) is -1.45. The number of aldehydes is 1. The van der Waals surface area contributed by atoms with Gasteiger partial charge in [0.05, 0.1) is 102 Å². The van der Waals surface area contributed by atoms with Crippen molar-refractivity contribution in [3.8, 4) is 0 Å². The van der Waals surface area contributed by atoms with Crippen molar-refractivity contribution in [3.05, 3.63) is 17.8 Å². The minimum atomic E-state index is -1.14. The van der Waals surface area contributed by atoms with Gasteiger partial charge in [-0.2, -0.15) is 0 Å². The third-order valence-electron chi connectivity index (χ3n) is 25.5. The molecule has 702 valence electrons. The number of aliphatic imine (C=N–C) groups is 1. The van der Waals surface area contributed by atoms with Crippen LogP contribution in [-0.4, -0.2) is 226 Å². The summed E-state index contributed by atoms with van der Waals surface area (Å²) >= 11 is 8.98. The maximum atomic E-state index is 12.2. The predicted octanol–water partition coefficient (Wildman–Crippen LogP) is 9.35. The van der Waals surface area contributed by atoms with E-state index in [0.29, 0.717) is 127 Å². The Balaban J connectivity index is 0.000000220. The summed E-state index contributed by atoms with van der Waals surface area (Å²) in [7, 11) is 6.57. The Labute approximate surface area is 741 Å². The van der Waals surface area contributed by atoms with Crippen LogP contribution in [-0.2, 0) is 129 Å². The lowest BCUT2D eigenvalue weighted by Crippen LogP contribution is -2.69. The van der Waals surface area contributed by atoms with Gasteiger partial charge >= 0.3 is 88.1 Å². The highest BCUT2D eigenvalue weighted by Gasteiger charge is 2.81. The quantitative estimate of drug-likeness (QED) is 0.0247. The van der Waals surface area contributed by atoms with Crippen LogP contribution in [0, 0.1) is 70.4 Å². The van der Waals surface area contributed by atoms with Crippen LogP contribution in [0.1, 0.15) is 262 Å². The second kappa shape index (κ2) is 35.9. The summed E-state index contributed by atoms with van der Waals surface area (Å²) in [5.41, 5.74) is -1.83. The minimum Gasteiger partial charge on any atom is -0.481 e. The normalized spacial score (nSPS) is 33.9. The van der Waals surface area contributed by atoms with E-state index in [1.165, 1.54) is 41.8 Å². The topological polar surface area (TPSA) is 540 Å². The van der Waals surface area contributed by atoms with Crippen LogP contribution in [0.2, 0.25) is 0 Å². The molecular weight excluding hydrogens is 1710 g/mol. The van der Waals surface area contributed by atoms with Crippen molar-refractivity contribution in [1.29, 1.82) is 0 Å². The van der Waals surface area contributed by atoms with Crippen molar-refractivity contribution in [2.75, 3.05) is 55.4 Å². The van der Waals surface area contributed by atoms with Gasteiger partial charge in [-0.3, -0.25) is 62.3 Å². The summed E-state index contributed by atoms with van der Waals surface area (Å²) in [4.78, 5) is 185. The zero-order chi connectivity index (χ0) is 93.3. The van der Waals surface area contributed by atoms with Crippen molar-refractivity contribution in [2.45, 2.75) is 292 Å². The highest BCUT2D eigenvalue weighted by atomic mass is 35.5. The van der Waals surface area contributed by atoms with Crippen LogP contribution >= 0.6 is 35.6 Å². The van der Waals surface area contributed by atoms with Crippen LogP contribution in [0.5, 0.6) is 0 Å². The van der Waals surface area contributed by atoms with Crippen LogP contribution in [0.4, 0.5) is 0 Å². The van der Waals surface area contributed by atoms with Gasteiger partial charge in [0, 0.05) is 17.4 Å². The number of aliphatic carboxylic acids is 3. The number of rotatable bonds is 19. The van der Waals surface area contributed by atoms with Crippen LogP contribution in [0.15, 0.2) is 15.7 Å². The van der Waals surface area contributed by atoms with Gasteiger partial charge in [-0.15, -0.1) is 12.4 Å². The molecule has 0 spiro atoms. The minimum absolute atomic E-state index is 0. The van der Waals surface area contributed by atoms with Gasteiger partial charge in [0.25, 0.3) is 0 Å². The van der Waals surface area contributed by atoms with E-state index in [9.17, 15) is 76.7 Å². The van der Waals surface area contributed by atoms with Crippen molar-refractivity contribution in [2.24, 2.45) is 81.1 Å². The summed E-state index contributed by atoms with van der Waals surface area (Å²) in [6.07, 6.45) is 15.2. The highest BCUT2D eigenvalue weighted by Crippen LogP contribution is 2.79. The lowest BCUT2D eigenvalue weighted by molar-refractivity contribution is -0.245. The number of hydrogen-bond donors (Lipinski definition) is 6. The first kappa shape index (κ1) is 105. The second-order valence-corrected chi connectivity index (χ2v) is 42.5. The van der Waals surface area contributed by atoms with Gasteiger partial charge in [0.2, 0.25) is 5.89 Å². The number of halogens is 3. The molecule has 125 heavy (non-hydrogen) atoms. The first-order chi connectivity index (χ1) is 56.2. The number of carboxylic acid groups (broad SMARTS) is 3. The molecule has 0 aromatic carbocycles. The number of aliphatic hydroxyl groups is 2. The van der Waals surface area contributed by atoms with Crippen LogP contribution in [0.3, 0.4) is 0 Å². The number of aromatic nitrogens is 1. The fraction of sp³-hybridized carbons (Fsp3) is 0.767. The van der Waals surface area contributed by atoms with Crippen LogP contribution in [0.25, 0.3) is 0 Å². The Bertz CT molecular complexity index is 4290. The molecule has 21 saturated carbocycles. The Morgan fingerprint density at radius 2 is 0.744 bits per heavy atom. The first-order valence-corrected chi connectivity index (χ1v) is 41.2. The van der Waals surface area contributed by atoms with Gasteiger partial charge in [0.1, 0.15) is 53.2 Å². The predicted molar refractivity (Wildman–Crippen MR) is 439 cm³/mol. The Hall–Kier alpha value is -8.45. The molecular formula is C86H124Cl3N3O33. The monoisotopic (exact) mass is 1830 g/mol. The van der Waals surface area contributed by atoms with E-state index in [-0.39, 0.29) is 147 Å². The van der Waals surface area contributed by atoms with Gasteiger partial charge in [0.15, 0.2) is 17.6 Å². The molecule has 21 fully saturated rings. The summed E-state index contributed by atoms with van der Waals surface area (Å²) < 4.78 is 60.3. The van der Waals surface area contributed by atoms with E-state index >= 15 is 0 Å².